The molecule has 146 valence electrons. The van der Waals surface area contributed by atoms with E-state index in [4.69, 9.17) is 23.7 Å². The Morgan fingerprint density at radius 3 is 2.00 bits per heavy atom. The van der Waals surface area contributed by atoms with E-state index in [0.717, 1.165) is 10.8 Å². The average molecular weight is 382 g/mol. The molecule has 0 heterocycles. The molecule has 0 unspecified atom stereocenters. The van der Waals surface area contributed by atoms with Gasteiger partial charge < -0.3 is 23.7 Å². The van der Waals surface area contributed by atoms with Crippen molar-refractivity contribution in [2.75, 3.05) is 35.0 Å². The summed E-state index contributed by atoms with van der Waals surface area (Å²) < 4.78 is 27.1. The van der Waals surface area contributed by atoms with Gasteiger partial charge >= 0.3 is 0 Å². The van der Waals surface area contributed by atoms with E-state index in [9.17, 15) is 4.79 Å². The number of carbonyl (C=O) groups excluding carboxylic acids is 1. The summed E-state index contributed by atoms with van der Waals surface area (Å²) in [5.41, 5.74) is 0.459. The van der Waals surface area contributed by atoms with Gasteiger partial charge in [0, 0.05) is 17.5 Å². The number of ketones is 1. The van der Waals surface area contributed by atoms with E-state index in [1.807, 2.05) is 30.3 Å². The zero-order valence-electron chi connectivity index (χ0n) is 16.3. The first-order valence-corrected chi connectivity index (χ1v) is 8.64. The number of methoxy groups -OCH3 is 4. The summed E-state index contributed by atoms with van der Waals surface area (Å²) >= 11 is 0. The van der Waals surface area contributed by atoms with Crippen molar-refractivity contribution in [2.45, 2.75) is 0 Å². The highest BCUT2D eigenvalue weighted by molar-refractivity contribution is 6.05. The third-order valence-corrected chi connectivity index (χ3v) is 4.41. The van der Waals surface area contributed by atoms with Gasteiger partial charge in [-0.2, -0.15) is 0 Å². The van der Waals surface area contributed by atoms with Crippen LogP contribution < -0.4 is 23.7 Å². The maximum Gasteiger partial charge on any atom is 0.203 e. The molecule has 3 rings (SSSR count). The lowest BCUT2D eigenvalue weighted by Gasteiger charge is -2.15. The maximum atomic E-state index is 12.8. The number of ether oxygens (including phenoxy) is 5. The van der Waals surface area contributed by atoms with Gasteiger partial charge in [-0.15, -0.1) is 0 Å². The van der Waals surface area contributed by atoms with Crippen LogP contribution in [0.3, 0.4) is 0 Å². The predicted octanol–water partition coefficient (Wildman–Crippen LogP) is 4.14. The standard InChI is InChI=1S/C22H22O6/c1-24-18-11-20(26-3)21(12-19(18)25-2)28-13-17(23)16-10-9-14-7-5-6-8-15(14)22(16)27-4/h5-12H,13H2,1-4H3. The van der Waals surface area contributed by atoms with Crippen LogP contribution in [0.1, 0.15) is 10.4 Å². The van der Waals surface area contributed by atoms with Crippen molar-refractivity contribution in [3.8, 4) is 28.7 Å². The Labute approximate surface area is 163 Å². The molecule has 0 aliphatic carbocycles. The molecule has 0 bridgehead atoms. The molecular weight excluding hydrogens is 360 g/mol. The summed E-state index contributed by atoms with van der Waals surface area (Å²) in [6.45, 7) is -0.180. The first kappa shape index (κ1) is 19.4. The van der Waals surface area contributed by atoms with Gasteiger partial charge in [0.15, 0.2) is 29.6 Å². The van der Waals surface area contributed by atoms with Gasteiger partial charge in [0.05, 0.1) is 34.0 Å². The number of benzene rings is 3. The molecule has 28 heavy (non-hydrogen) atoms. The minimum absolute atomic E-state index is 0.180. The van der Waals surface area contributed by atoms with Crippen molar-refractivity contribution in [1.29, 1.82) is 0 Å². The van der Waals surface area contributed by atoms with Crippen molar-refractivity contribution in [3.63, 3.8) is 0 Å². The molecule has 3 aromatic carbocycles. The van der Waals surface area contributed by atoms with Gasteiger partial charge in [-0.3, -0.25) is 4.79 Å². The van der Waals surface area contributed by atoms with Crippen LogP contribution in [-0.2, 0) is 0 Å². The van der Waals surface area contributed by atoms with Gasteiger partial charge in [-0.25, -0.2) is 0 Å². The van der Waals surface area contributed by atoms with E-state index in [-0.39, 0.29) is 12.4 Å². The molecule has 0 amide bonds. The highest BCUT2D eigenvalue weighted by Crippen LogP contribution is 2.39. The molecule has 0 spiro atoms. The van der Waals surface area contributed by atoms with Crippen LogP contribution in [0.15, 0.2) is 48.5 Å². The lowest BCUT2D eigenvalue weighted by Crippen LogP contribution is -2.13. The Morgan fingerprint density at radius 1 is 0.750 bits per heavy atom. The van der Waals surface area contributed by atoms with Crippen LogP contribution in [0, 0.1) is 0 Å². The number of hydrogen-bond donors (Lipinski definition) is 0. The Kier molecular flexibility index (Phi) is 5.89. The summed E-state index contributed by atoms with van der Waals surface area (Å²) in [6.07, 6.45) is 0. The summed E-state index contributed by atoms with van der Waals surface area (Å²) in [5.74, 6) is 2.14. The van der Waals surface area contributed by atoms with E-state index in [1.54, 1.807) is 25.3 Å². The molecule has 0 aliphatic heterocycles. The Morgan fingerprint density at radius 2 is 1.36 bits per heavy atom. The predicted molar refractivity (Wildman–Crippen MR) is 106 cm³/mol. The third kappa shape index (κ3) is 3.67. The fourth-order valence-electron chi connectivity index (χ4n) is 3.02. The van der Waals surface area contributed by atoms with Crippen LogP contribution in [0.2, 0.25) is 0 Å². The molecule has 0 N–H and O–H groups in total. The van der Waals surface area contributed by atoms with Crippen LogP contribution in [0.5, 0.6) is 28.7 Å². The van der Waals surface area contributed by atoms with Crippen molar-refractivity contribution in [1.82, 2.24) is 0 Å². The molecule has 0 atom stereocenters. The Bertz CT molecular complexity index is 996. The largest absolute Gasteiger partial charge is 0.495 e. The van der Waals surface area contributed by atoms with E-state index in [0.29, 0.717) is 34.3 Å². The molecule has 0 saturated heterocycles. The van der Waals surface area contributed by atoms with Gasteiger partial charge in [0.2, 0.25) is 5.78 Å². The van der Waals surface area contributed by atoms with Gasteiger partial charge in [-0.1, -0.05) is 30.3 Å². The lowest BCUT2D eigenvalue weighted by molar-refractivity contribution is 0.0916. The topological polar surface area (TPSA) is 63.2 Å². The number of hydrogen-bond acceptors (Lipinski definition) is 6. The van der Waals surface area contributed by atoms with Crippen molar-refractivity contribution in [3.05, 3.63) is 54.1 Å². The number of Topliss-reactive ketones (excluding diaryl/α,β-unsaturated/α-hetero) is 1. The van der Waals surface area contributed by atoms with Crippen molar-refractivity contribution in [2.24, 2.45) is 0 Å². The molecule has 6 heteroatoms. The average Bonchev–Trinajstić information content (AvgIpc) is 2.75. The van der Waals surface area contributed by atoms with Gasteiger partial charge in [0.1, 0.15) is 5.75 Å². The van der Waals surface area contributed by atoms with Gasteiger partial charge in [0.25, 0.3) is 0 Å². The molecule has 0 aromatic heterocycles. The summed E-state index contributed by atoms with van der Waals surface area (Å²) in [5, 5.41) is 1.87. The Hall–Kier alpha value is -3.41. The molecule has 3 aromatic rings. The highest BCUT2D eigenvalue weighted by Gasteiger charge is 2.18. The van der Waals surface area contributed by atoms with E-state index < -0.39 is 0 Å². The molecule has 0 saturated carbocycles. The molecule has 0 fully saturated rings. The fraction of sp³-hybridized carbons (Fsp3) is 0.227. The number of rotatable bonds is 8. The van der Waals surface area contributed by atoms with Crippen LogP contribution in [0.25, 0.3) is 10.8 Å². The first-order valence-electron chi connectivity index (χ1n) is 8.64. The minimum atomic E-state index is -0.209. The first-order chi connectivity index (χ1) is 13.6. The minimum Gasteiger partial charge on any atom is -0.495 e. The smallest absolute Gasteiger partial charge is 0.203 e. The van der Waals surface area contributed by atoms with E-state index >= 15 is 0 Å². The zero-order valence-corrected chi connectivity index (χ0v) is 16.3. The number of carbonyl (C=O) groups is 1. The monoisotopic (exact) mass is 382 g/mol. The quantitative estimate of drug-likeness (QED) is 0.546. The summed E-state index contributed by atoms with van der Waals surface area (Å²) in [4.78, 5) is 12.8. The zero-order chi connectivity index (χ0) is 20.1. The second kappa shape index (κ2) is 8.52. The molecule has 0 radical (unpaired) electrons. The normalized spacial score (nSPS) is 10.4. The molecule has 0 aliphatic rings. The second-order valence-electron chi connectivity index (χ2n) is 5.94. The van der Waals surface area contributed by atoms with E-state index in [1.165, 1.54) is 21.3 Å². The SMILES string of the molecule is COc1cc(OC)c(OCC(=O)c2ccc3ccccc3c2OC)cc1OC. The highest BCUT2D eigenvalue weighted by atomic mass is 16.5. The maximum absolute atomic E-state index is 12.8. The lowest BCUT2D eigenvalue weighted by atomic mass is 10.0. The van der Waals surface area contributed by atoms with Crippen LogP contribution in [0.4, 0.5) is 0 Å². The number of fused-ring (bicyclic) bond motifs is 1. The molecule has 6 nitrogen and oxygen atoms in total. The second-order valence-corrected chi connectivity index (χ2v) is 5.94. The Balaban J connectivity index is 1.88. The van der Waals surface area contributed by atoms with Crippen LogP contribution >= 0.6 is 0 Å². The fourth-order valence-corrected chi connectivity index (χ4v) is 3.02. The summed E-state index contributed by atoms with van der Waals surface area (Å²) in [6, 6.07) is 14.7. The third-order valence-electron chi connectivity index (χ3n) is 4.41. The van der Waals surface area contributed by atoms with Crippen molar-refractivity contribution >= 4 is 16.6 Å². The van der Waals surface area contributed by atoms with Crippen molar-refractivity contribution < 1.29 is 28.5 Å². The van der Waals surface area contributed by atoms with Crippen LogP contribution in [-0.4, -0.2) is 40.8 Å². The summed E-state index contributed by atoms with van der Waals surface area (Å²) in [7, 11) is 6.13. The van der Waals surface area contributed by atoms with Gasteiger partial charge in [-0.05, 0) is 11.5 Å². The molecular formula is C22H22O6. The van der Waals surface area contributed by atoms with E-state index in [2.05, 4.69) is 0 Å².